The van der Waals surface area contributed by atoms with E-state index in [0.29, 0.717) is 28.6 Å². The first-order valence-electron chi connectivity index (χ1n) is 14.4. The number of rotatable bonds is 10. The van der Waals surface area contributed by atoms with Crippen molar-refractivity contribution in [2.75, 3.05) is 10.6 Å². The summed E-state index contributed by atoms with van der Waals surface area (Å²) in [6, 6.07) is 23.6. The van der Waals surface area contributed by atoms with E-state index in [-0.39, 0.29) is 41.0 Å². The summed E-state index contributed by atoms with van der Waals surface area (Å²) in [4.78, 5) is 4.23. The van der Waals surface area contributed by atoms with Gasteiger partial charge in [-0.05, 0) is 54.7 Å². The number of anilines is 2. The lowest BCUT2D eigenvalue weighted by Gasteiger charge is -2.23. The monoisotopic (exact) mass is 568 g/mol. The largest absolute Gasteiger partial charge is 0.377 e. The summed E-state index contributed by atoms with van der Waals surface area (Å²) in [5, 5.41) is 44.2. The lowest BCUT2D eigenvalue weighted by atomic mass is 9.99. The Morgan fingerprint density at radius 1 is 1.00 bits per heavy atom. The fourth-order valence-electron chi connectivity index (χ4n) is 5.04. The molecule has 1 unspecified atom stereocenters. The number of aromatic nitrogens is 4. The van der Waals surface area contributed by atoms with Crippen LogP contribution in [0.3, 0.4) is 0 Å². The Morgan fingerprint density at radius 2 is 1.81 bits per heavy atom. The highest BCUT2D eigenvalue weighted by Crippen LogP contribution is 2.37. The number of halogens is 1. The van der Waals surface area contributed by atoms with Gasteiger partial charge in [0, 0.05) is 23.7 Å². The fourth-order valence-corrected chi connectivity index (χ4v) is 5.04. The van der Waals surface area contributed by atoms with E-state index in [2.05, 4.69) is 44.1 Å². The molecule has 43 heavy (non-hydrogen) atoms. The Labute approximate surface area is 249 Å². The number of hydrogen-bond acceptors (Lipinski definition) is 8. The van der Waals surface area contributed by atoms with Crippen molar-refractivity contribution >= 4 is 22.3 Å². The number of fused-ring (bicyclic) bond motifs is 1. The zero-order chi connectivity index (χ0) is 30.7. The van der Waals surface area contributed by atoms with Crippen molar-refractivity contribution in [2.24, 2.45) is 0 Å². The highest BCUT2D eigenvalue weighted by atomic mass is 19.1. The number of benzene rings is 3. The van der Waals surface area contributed by atoms with Crippen molar-refractivity contribution in [2.45, 2.75) is 43.8 Å². The van der Waals surface area contributed by atoms with Crippen molar-refractivity contribution < 1.29 is 5.76 Å². The van der Waals surface area contributed by atoms with E-state index < -0.39 is 11.8 Å². The van der Waals surface area contributed by atoms with E-state index in [1.165, 1.54) is 12.3 Å². The second-order valence-corrected chi connectivity index (χ2v) is 10.3. The van der Waals surface area contributed by atoms with Gasteiger partial charge in [-0.1, -0.05) is 47.7 Å². The van der Waals surface area contributed by atoms with Crippen LogP contribution in [0, 0.1) is 39.8 Å². The minimum Gasteiger partial charge on any atom is -0.377 e. The summed E-state index contributed by atoms with van der Waals surface area (Å²) in [6.45, 7) is 0. The Hall–Kier alpha value is -5.79. The molecule has 10 heteroatoms. The smallest absolute Gasteiger partial charge is 0.151 e. The van der Waals surface area contributed by atoms with Gasteiger partial charge in [-0.3, -0.25) is 4.98 Å². The normalized spacial score (nSPS) is 14.9. The van der Waals surface area contributed by atoms with Gasteiger partial charge in [-0.2, -0.15) is 15.8 Å². The van der Waals surface area contributed by atoms with E-state index in [0.717, 1.165) is 18.4 Å². The van der Waals surface area contributed by atoms with E-state index in [9.17, 15) is 17.2 Å². The molecule has 0 amide bonds. The third-order valence-corrected chi connectivity index (χ3v) is 7.35. The second kappa shape index (κ2) is 12.0. The van der Waals surface area contributed by atoms with Gasteiger partial charge < -0.3 is 10.6 Å². The third-order valence-electron chi connectivity index (χ3n) is 7.35. The van der Waals surface area contributed by atoms with Crippen LogP contribution >= 0.6 is 0 Å². The summed E-state index contributed by atoms with van der Waals surface area (Å²) >= 11 is 0. The molecule has 0 radical (unpaired) electrons. The predicted octanol–water partition coefficient (Wildman–Crippen LogP) is 6.70. The van der Waals surface area contributed by atoms with Crippen LogP contribution in [0.4, 0.5) is 15.8 Å². The summed E-state index contributed by atoms with van der Waals surface area (Å²) < 4.78 is 27.1. The average Bonchev–Trinajstić information content (AvgIpc) is 3.78. The first-order chi connectivity index (χ1) is 21.4. The zero-order valence-electron chi connectivity index (χ0n) is 24.0. The number of pyridine rings is 1. The van der Waals surface area contributed by atoms with Crippen LogP contribution in [0.5, 0.6) is 0 Å². The van der Waals surface area contributed by atoms with E-state index in [4.69, 9.17) is 0 Å². The second-order valence-electron chi connectivity index (χ2n) is 10.3. The van der Waals surface area contributed by atoms with Gasteiger partial charge in [0.25, 0.3) is 0 Å². The topological polar surface area (TPSA) is 139 Å². The first kappa shape index (κ1) is 26.1. The summed E-state index contributed by atoms with van der Waals surface area (Å²) in [7, 11) is 0. The Bertz CT molecular complexity index is 1970. The highest BCUT2D eigenvalue weighted by molar-refractivity contribution is 5.96. The van der Waals surface area contributed by atoms with Crippen LogP contribution < -0.4 is 10.6 Å². The molecule has 1 aliphatic carbocycles. The minimum absolute atomic E-state index is 0.0471. The lowest BCUT2D eigenvalue weighted by molar-refractivity contribution is 0.610. The highest BCUT2D eigenvalue weighted by Gasteiger charge is 2.27. The molecule has 3 aromatic carbocycles. The average molecular weight is 569 g/mol. The van der Waals surface area contributed by atoms with E-state index in [1.54, 1.807) is 41.2 Å². The summed E-state index contributed by atoms with van der Waals surface area (Å²) in [5.41, 5.74) is 2.83. The quantitative estimate of drug-likeness (QED) is 0.190. The van der Waals surface area contributed by atoms with Gasteiger partial charge >= 0.3 is 0 Å². The minimum atomic E-state index is -1.74. The predicted molar refractivity (Wildman–Crippen MR) is 159 cm³/mol. The van der Waals surface area contributed by atoms with E-state index in [1.807, 2.05) is 30.3 Å². The molecule has 1 fully saturated rings. The summed E-state index contributed by atoms with van der Waals surface area (Å²) in [5.74, 6) is -0.652. The molecule has 2 heterocycles. The molecule has 0 saturated heterocycles. The molecule has 2 aromatic heterocycles. The zero-order valence-corrected chi connectivity index (χ0v) is 23.0. The van der Waals surface area contributed by atoms with Crippen LogP contribution in [0.25, 0.3) is 10.9 Å². The van der Waals surface area contributed by atoms with Gasteiger partial charge in [-0.15, -0.1) is 5.10 Å². The number of nitrogens with zero attached hydrogens (tertiary/aromatic N) is 7. The SMILES string of the molecule is [2H][C@@](Nc1cc(F)c2ncc(C#N)c(NC(CCC#N)c3ccccc3)c2c1)(c1cccc(C#N)c1)c1cn(C2CC2)nn1. The van der Waals surface area contributed by atoms with Crippen molar-refractivity contribution in [3.05, 3.63) is 113 Å². The maximum Gasteiger partial charge on any atom is 0.151 e. The van der Waals surface area contributed by atoms with Gasteiger partial charge in [-0.25, -0.2) is 9.07 Å². The molecule has 1 saturated carbocycles. The third kappa shape index (κ3) is 5.84. The molecule has 0 spiro atoms. The molecule has 6 rings (SSSR count). The van der Waals surface area contributed by atoms with E-state index >= 15 is 4.39 Å². The molecular weight excluding hydrogens is 541 g/mol. The molecule has 1 aliphatic rings. The molecule has 2 atom stereocenters. The van der Waals surface area contributed by atoms with Gasteiger partial charge in [0.05, 0.1) is 54.6 Å². The van der Waals surface area contributed by atoms with Gasteiger partial charge in [0.15, 0.2) is 5.82 Å². The summed E-state index contributed by atoms with van der Waals surface area (Å²) in [6.07, 6.45) is 5.70. The fraction of sp³-hybridized carbons (Fsp3) is 0.212. The number of nitrogens with one attached hydrogen (secondary N) is 2. The standard InChI is InChI=1S/C33H26FN9/c34-28-16-25(39-32(23-9-4-6-21(14-23)17-36)30-20-43(42-41-30)26-11-12-26)15-27-31(24(18-37)19-38-33(27)28)40-29(10-5-13-35)22-7-2-1-3-8-22/h1-4,6-9,14-16,19-20,26,29,32,39H,5,10-12H2,(H,38,40)/t29?,32-/m1/s1/i32D. The van der Waals surface area contributed by atoms with Gasteiger partial charge in [0.2, 0.25) is 0 Å². The van der Waals surface area contributed by atoms with Crippen molar-refractivity contribution in [1.82, 2.24) is 20.0 Å². The molecule has 9 nitrogen and oxygen atoms in total. The maximum atomic E-state index is 15.7. The van der Waals surface area contributed by atoms with Crippen LogP contribution in [-0.2, 0) is 0 Å². The molecule has 5 aromatic rings. The van der Waals surface area contributed by atoms with Crippen LogP contribution in [0.2, 0.25) is 0 Å². The van der Waals surface area contributed by atoms with Crippen LogP contribution in [0.1, 0.15) is 73.1 Å². The molecule has 0 bridgehead atoms. The van der Waals surface area contributed by atoms with Gasteiger partial charge in [0.1, 0.15) is 17.3 Å². The van der Waals surface area contributed by atoms with Crippen molar-refractivity contribution in [3.63, 3.8) is 0 Å². The Morgan fingerprint density at radius 3 is 2.56 bits per heavy atom. The number of hydrogen-bond donors (Lipinski definition) is 2. The van der Waals surface area contributed by atoms with Crippen molar-refractivity contribution in [3.8, 4) is 18.2 Å². The molecule has 210 valence electrons. The Balaban J connectivity index is 1.47. The first-order valence-corrected chi connectivity index (χ1v) is 13.9. The van der Waals surface area contributed by atoms with Crippen molar-refractivity contribution in [1.29, 1.82) is 15.8 Å². The molecule has 2 N–H and O–H groups in total. The van der Waals surface area contributed by atoms with Crippen LogP contribution in [-0.4, -0.2) is 20.0 Å². The lowest BCUT2D eigenvalue weighted by Crippen LogP contribution is -2.14. The Kier molecular flexibility index (Phi) is 7.28. The number of nitriles is 3. The molecular formula is C33H26FN9. The van der Waals surface area contributed by atoms with Crippen LogP contribution in [0.15, 0.2) is 79.1 Å². The maximum absolute atomic E-state index is 15.7. The molecule has 0 aliphatic heterocycles.